The van der Waals surface area contributed by atoms with Crippen molar-refractivity contribution in [1.82, 2.24) is 25.1 Å². The van der Waals surface area contributed by atoms with Gasteiger partial charge >= 0.3 is 6.18 Å². The molecule has 0 unspecified atom stereocenters. The largest absolute Gasteiger partial charge is 0.419 e. The first-order valence-electron chi connectivity index (χ1n) is 11.0. The Balaban J connectivity index is 1.40. The molecular formula is C21H28F3N7O4. The van der Waals surface area contributed by atoms with Crippen LogP contribution in [0.2, 0.25) is 0 Å². The molecule has 0 radical (unpaired) electrons. The molecule has 14 heteroatoms. The van der Waals surface area contributed by atoms with Crippen molar-refractivity contribution in [3.8, 4) is 0 Å². The van der Waals surface area contributed by atoms with Crippen LogP contribution in [0.25, 0.3) is 0 Å². The van der Waals surface area contributed by atoms with Crippen molar-refractivity contribution in [3.63, 3.8) is 0 Å². The number of halogens is 3. The number of nitrogens with one attached hydrogen (secondary N) is 2. The molecule has 0 aromatic carbocycles. The number of rotatable bonds is 10. The normalized spacial score (nSPS) is 15.2. The summed E-state index contributed by atoms with van der Waals surface area (Å²) in [5.41, 5.74) is -0.118. The minimum absolute atomic E-state index is 0.0797. The van der Waals surface area contributed by atoms with Crippen LogP contribution < -0.4 is 15.8 Å². The maximum atomic E-state index is 12.7. The fraction of sp³-hybridized carbons (Fsp3) is 0.571. The number of aromatic nitrogens is 4. The van der Waals surface area contributed by atoms with Gasteiger partial charge in [0.15, 0.2) is 0 Å². The first kappa shape index (κ1) is 26.3. The van der Waals surface area contributed by atoms with Crippen LogP contribution in [-0.2, 0) is 20.4 Å². The molecule has 192 valence electrons. The highest BCUT2D eigenvalue weighted by Gasteiger charge is 2.32. The summed E-state index contributed by atoms with van der Waals surface area (Å²) in [6.45, 7) is 4.12. The van der Waals surface area contributed by atoms with Crippen molar-refractivity contribution in [2.45, 2.75) is 25.6 Å². The summed E-state index contributed by atoms with van der Waals surface area (Å²) in [5.74, 6) is 0.125. The lowest BCUT2D eigenvalue weighted by molar-refractivity contribution is -0.138. The fourth-order valence-electron chi connectivity index (χ4n) is 3.49. The lowest BCUT2D eigenvalue weighted by Gasteiger charge is -2.34. The first-order chi connectivity index (χ1) is 16.7. The molecule has 3 rings (SSSR count). The summed E-state index contributed by atoms with van der Waals surface area (Å²) in [7, 11) is 1.55. The van der Waals surface area contributed by atoms with E-state index in [0.29, 0.717) is 44.0 Å². The van der Waals surface area contributed by atoms with E-state index in [1.165, 1.54) is 6.20 Å². The van der Waals surface area contributed by atoms with Crippen LogP contribution in [0.1, 0.15) is 17.5 Å². The fourth-order valence-corrected chi connectivity index (χ4v) is 3.49. The van der Waals surface area contributed by atoms with E-state index < -0.39 is 11.7 Å². The molecule has 1 aliphatic heterocycles. The lowest BCUT2D eigenvalue weighted by Crippen LogP contribution is -2.49. The molecule has 3 heterocycles. The van der Waals surface area contributed by atoms with E-state index in [9.17, 15) is 22.8 Å². The maximum Gasteiger partial charge on any atom is 0.419 e. The Labute approximate surface area is 199 Å². The molecule has 1 saturated heterocycles. The number of aromatic amines is 1. The van der Waals surface area contributed by atoms with Crippen LogP contribution >= 0.6 is 0 Å². The molecule has 0 saturated carbocycles. The van der Waals surface area contributed by atoms with Crippen LogP contribution in [-0.4, -0.2) is 90.1 Å². The Hall–Kier alpha value is -3.26. The van der Waals surface area contributed by atoms with Gasteiger partial charge in [0.05, 0.1) is 49.7 Å². The van der Waals surface area contributed by atoms with Gasteiger partial charge in [0.2, 0.25) is 11.9 Å². The number of alkyl halides is 3. The number of methoxy groups -OCH3 is 1. The van der Waals surface area contributed by atoms with Crippen molar-refractivity contribution < 1.29 is 27.4 Å². The average molecular weight is 499 g/mol. The second kappa shape index (κ2) is 11.9. The SMILES string of the molecule is COC[C@@H](COCCC(=O)N1CCN(c2ncc(C(F)(F)F)cn2)CC1)Nc1cn[nH]c(=O)c1C. The summed E-state index contributed by atoms with van der Waals surface area (Å²) in [6, 6.07) is -0.246. The molecular weight excluding hydrogens is 471 g/mol. The Morgan fingerprint density at radius 3 is 2.49 bits per heavy atom. The van der Waals surface area contributed by atoms with Crippen molar-refractivity contribution >= 4 is 17.5 Å². The zero-order valence-electron chi connectivity index (χ0n) is 19.5. The van der Waals surface area contributed by atoms with Crippen LogP contribution in [0, 0.1) is 6.92 Å². The van der Waals surface area contributed by atoms with E-state index in [4.69, 9.17) is 9.47 Å². The number of anilines is 2. The number of ether oxygens (including phenoxy) is 2. The number of H-pyrrole nitrogens is 1. The predicted molar refractivity (Wildman–Crippen MR) is 120 cm³/mol. The number of nitrogens with zero attached hydrogens (tertiary/aromatic N) is 5. The lowest BCUT2D eigenvalue weighted by atomic mass is 10.2. The first-order valence-corrected chi connectivity index (χ1v) is 11.0. The molecule has 1 aliphatic rings. The van der Waals surface area contributed by atoms with E-state index >= 15 is 0 Å². The van der Waals surface area contributed by atoms with E-state index in [0.717, 1.165) is 12.4 Å². The molecule has 2 aromatic heterocycles. The highest BCUT2D eigenvalue weighted by Crippen LogP contribution is 2.28. The van der Waals surface area contributed by atoms with Gasteiger partial charge < -0.3 is 24.6 Å². The quantitative estimate of drug-likeness (QED) is 0.462. The number of hydrogen-bond acceptors (Lipinski definition) is 9. The van der Waals surface area contributed by atoms with Gasteiger partial charge in [-0.25, -0.2) is 15.1 Å². The summed E-state index contributed by atoms with van der Waals surface area (Å²) in [4.78, 5) is 35.3. The van der Waals surface area contributed by atoms with Crippen molar-refractivity contribution in [3.05, 3.63) is 40.1 Å². The number of carbonyl (C=O) groups excluding carboxylic acids is 1. The summed E-state index contributed by atoms with van der Waals surface area (Å²) in [5, 5.41) is 9.30. The molecule has 2 N–H and O–H groups in total. The minimum atomic E-state index is -4.48. The van der Waals surface area contributed by atoms with Crippen molar-refractivity contribution in [2.24, 2.45) is 0 Å². The molecule has 1 amide bonds. The Morgan fingerprint density at radius 2 is 1.86 bits per heavy atom. The highest BCUT2D eigenvalue weighted by atomic mass is 19.4. The second-order valence-electron chi connectivity index (χ2n) is 8.00. The maximum absolute atomic E-state index is 12.7. The monoisotopic (exact) mass is 499 g/mol. The van der Waals surface area contributed by atoms with Gasteiger partial charge in [0, 0.05) is 51.2 Å². The predicted octanol–water partition coefficient (Wildman–Crippen LogP) is 1.07. The molecule has 1 atom stereocenters. The van der Waals surface area contributed by atoms with Crippen molar-refractivity contribution in [2.75, 3.05) is 63.3 Å². The minimum Gasteiger partial charge on any atom is -0.382 e. The third-order valence-electron chi connectivity index (χ3n) is 5.49. The average Bonchev–Trinajstić information content (AvgIpc) is 2.84. The highest BCUT2D eigenvalue weighted by molar-refractivity contribution is 5.76. The van der Waals surface area contributed by atoms with E-state index in [2.05, 4.69) is 25.5 Å². The van der Waals surface area contributed by atoms with E-state index in [1.54, 1.807) is 23.8 Å². The van der Waals surface area contributed by atoms with Crippen LogP contribution in [0.4, 0.5) is 24.8 Å². The van der Waals surface area contributed by atoms with Gasteiger partial charge in [-0.1, -0.05) is 0 Å². The van der Waals surface area contributed by atoms with E-state index in [-0.39, 0.29) is 43.1 Å². The van der Waals surface area contributed by atoms with Gasteiger partial charge in [-0.05, 0) is 6.92 Å². The third-order valence-corrected chi connectivity index (χ3v) is 5.49. The summed E-state index contributed by atoms with van der Waals surface area (Å²) >= 11 is 0. The zero-order chi connectivity index (χ0) is 25.4. The van der Waals surface area contributed by atoms with Crippen LogP contribution in [0.3, 0.4) is 0 Å². The van der Waals surface area contributed by atoms with Crippen molar-refractivity contribution in [1.29, 1.82) is 0 Å². The number of piperazine rings is 1. The number of amides is 1. The van der Waals surface area contributed by atoms with E-state index in [1.807, 2.05) is 0 Å². The van der Waals surface area contributed by atoms with Crippen LogP contribution in [0.5, 0.6) is 0 Å². The molecule has 0 spiro atoms. The van der Waals surface area contributed by atoms with Gasteiger partial charge in [-0.3, -0.25) is 9.59 Å². The molecule has 2 aromatic rings. The molecule has 0 bridgehead atoms. The number of hydrogen-bond donors (Lipinski definition) is 2. The third kappa shape index (κ3) is 7.36. The summed E-state index contributed by atoms with van der Waals surface area (Å²) in [6.07, 6.45) is -1.27. The molecule has 35 heavy (non-hydrogen) atoms. The Kier molecular flexibility index (Phi) is 8.98. The van der Waals surface area contributed by atoms with Gasteiger partial charge in [-0.2, -0.15) is 18.3 Å². The second-order valence-corrected chi connectivity index (χ2v) is 8.00. The molecule has 1 fully saturated rings. The standard InChI is InChI=1S/C21H28F3N7O4/c1-14-17(11-27-29-19(14)33)28-16(12-34-2)13-35-8-3-18(32)30-4-6-31(7-5-30)20-25-9-15(10-26-20)21(22,23)24/h9-11,16H,3-8,12-13H2,1-2H3,(H2,28,29,33)/t16-/m0/s1. The zero-order valence-corrected chi connectivity index (χ0v) is 19.5. The smallest absolute Gasteiger partial charge is 0.382 e. The Morgan fingerprint density at radius 1 is 1.17 bits per heavy atom. The Bertz CT molecular complexity index is 1020. The summed E-state index contributed by atoms with van der Waals surface area (Å²) < 4.78 is 48.9. The van der Waals surface area contributed by atoms with Crippen LogP contribution in [0.15, 0.2) is 23.4 Å². The topological polar surface area (TPSA) is 126 Å². The van der Waals surface area contributed by atoms with Gasteiger partial charge in [0.1, 0.15) is 0 Å². The molecule has 0 aliphatic carbocycles. The molecule has 11 nitrogen and oxygen atoms in total. The van der Waals surface area contributed by atoms with Gasteiger partial charge in [-0.15, -0.1) is 0 Å². The van der Waals surface area contributed by atoms with Gasteiger partial charge in [0.25, 0.3) is 5.56 Å². The number of carbonyl (C=O) groups is 1.